The Morgan fingerprint density at radius 3 is 2.50 bits per heavy atom. The summed E-state index contributed by atoms with van der Waals surface area (Å²) in [5, 5.41) is 2.68. The average molecular weight is 184 g/mol. The minimum Gasteiger partial charge on any atom is -0.355 e. The number of aryl methyl sites for hydroxylation is 2. The van der Waals surface area contributed by atoms with Crippen molar-refractivity contribution in [2.24, 2.45) is 14.1 Å². The summed E-state index contributed by atoms with van der Waals surface area (Å²) in [5.74, 6) is 0. The summed E-state index contributed by atoms with van der Waals surface area (Å²) in [5.41, 5.74) is 2.60. The standard InChI is InChI=1S/C12H12N2/c1-13-7-10-9-5-3-4-6-11(9)14(2)12(10)8-13/h3-8H,1-2H3. The molecule has 0 bridgehead atoms. The van der Waals surface area contributed by atoms with E-state index in [-0.39, 0.29) is 0 Å². The normalized spacial score (nSPS) is 11.6. The van der Waals surface area contributed by atoms with Crippen molar-refractivity contribution in [2.45, 2.75) is 0 Å². The molecule has 0 amide bonds. The Hall–Kier alpha value is -1.70. The largest absolute Gasteiger partial charge is 0.355 e. The van der Waals surface area contributed by atoms with Crippen molar-refractivity contribution in [3.8, 4) is 0 Å². The molecule has 1 aromatic carbocycles. The zero-order valence-corrected chi connectivity index (χ0v) is 8.36. The van der Waals surface area contributed by atoms with Crippen LogP contribution in [-0.4, -0.2) is 9.13 Å². The van der Waals surface area contributed by atoms with Crippen molar-refractivity contribution < 1.29 is 0 Å². The average Bonchev–Trinajstić information content (AvgIpc) is 2.68. The third kappa shape index (κ3) is 0.803. The number of aromatic nitrogens is 2. The molecule has 2 nitrogen and oxygen atoms in total. The van der Waals surface area contributed by atoms with E-state index in [4.69, 9.17) is 0 Å². The highest BCUT2D eigenvalue weighted by Gasteiger charge is 2.07. The first-order valence-electron chi connectivity index (χ1n) is 4.76. The molecule has 0 unspecified atom stereocenters. The van der Waals surface area contributed by atoms with Gasteiger partial charge in [-0.15, -0.1) is 0 Å². The van der Waals surface area contributed by atoms with Crippen LogP contribution in [0.25, 0.3) is 21.8 Å². The van der Waals surface area contributed by atoms with Crippen LogP contribution in [0.15, 0.2) is 36.7 Å². The van der Waals surface area contributed by atoms with Gasteiger partial charge in [-0.2, -0.15) is 0 Å². The molecule has 3 aromatic rings. The molecule has 0 fully saturated rings. The zero-order chi connectivity index (χ0) is 9.71. The molecule has 0 saturated carbocycles. The van der Waals surface area contributed by atoms with Gasteiger partial charge < -0.3 is 9.13 Å². The first-order valence-corrected chi connectivity index (χ1v) is 4.76. The van der Waals surface area contributed by atoms with Crippen LogP contribution in [-0.2, 0) is 14.1 Å². The lowest BCUT2D eigenvalue weighted by Gasteiger charge is -1.96. The van der Waals surface area contributed by atoms with Gasteiger partial charge in [0.05, 0.1) is 5.52 Å². The first kappa shape index (κ1) is 7.68. The molecule has 0 aliphatic carbocycles. The van der Waals surface area contributed by atoms with E-state index in [1.807, 2.05) is 0 Å². The first-order chi connectivity index (χ1) is 6.77. The van der Waals surface area contributed by atoms with E-state index in [9.17, 15) is 0 Å². The molecule has 0 atom stereocenters. The van der Waals surface area contributed by atoms with Gasteiger partial charge in [0.25, 0.3) is 0 Å². The Morgan fingerprint density at radius 1 is 0.857 bits per heavy atom. The number of rotatable bonds is 0. The van der Waals surface area contributed by atoms with Crippen molar-refractivity contribution in [3.05, 3.63) is 36.7 Å². The maximum atomic E-state index is 2.24. The number of hydrogen-bond donors (Lipinski definition) is 0. The summed E-state index contributed by atoms with van der Waals surface area (Å²) < 4.78 is 4.35. The quantitative estimate of drug-likeness (QED) is 0.508. The highest BCUT2D eigenvalue weighted by atomic mass is 15.0. The summed E-state index contributed by atoms with van der Waals surface area (Å²) in [6.07, 6.45) is 4.34. The smallest absolute Gasteiger partial charge is 0.0668 e. The topological polar surface area (TPSA) is 9.86 Å². The Kier molecular flexibility index (Phi) is 1.32. The number of hydrogen-bond acceptors (Lipinski definition) is 0. The molecule has 0 N–H and O–H groups in total. The van der Waals surface area contributed by atoms with Gasteiger partial charge in [-0.3, -0.25) is 0 Å². The van der Waals surface area contributed by atoms with Crippen molar-refractivity contribution in [1.29, 1.82) is 0 Å². The summed E-state index contributed by atoms with van der Waals surface area (Å²) in [4.78, 5) is 0. The fourth-order valence-corrected chi connectivity index (χ4v) is 2.17. The van der Waals surface area contributed by atoms with Gasteiger partial charge in [0.2, 0.25) is 0 Å². The van der Waals surface area contributed by atoms with Gasteiger partial charge in [0, 0.05) is 42.8 Å². The molecule has 2 heterocycles. The van der Waals surface area contributed by atoms with Crippen LogP contribution in [0.2, 0.25) is 0 Å². The zero-order valence-electron chi connectivity index (χ0n) is 8.36. The number of benzene rings is 1. The molecular weight excluding hydrogens is 172 g/mol. The third-order valence-electron chi connectivity index (χ3n) is 2.85. The molecule has 3 rings (SSSR count). The molecule has 0 aliphatic heterocycles. The fourth-order valence-electron chi connectivity index (χ4n) is 2.17. The van der Waals surface area contributed by atoms with E-state index in [1.54, 1.807) is 0 Å². The molecule has 14 heavy (non-hydrogen) atoms. The van der Waals surface area contributed by atoms with Crippen LogP contribution in [0.1, 0.15) is 0 Å². The van der Waals surface area contributed by atoms with Crippen molar-refractivity contribution in [2.75, 3.05) is 0 Å². The third-order valence-corrected chi connectivity index (χ3v) is 2.85. The molecule has 0 radical (unpaired) electrons. The predicted octanol–water partition coefficient (Wildman–Crippen LogP) is 2.67. The van der Waals surface area contributed by atoms with E-state index in [0.717, 1.165) is 0 Å². The van der Waals surface area contributed by atoms with Crippen molar-refractivity contribution in [3.63, 3.8) is 0 Å². The lowest BCUT2D eigenvalue weighted by atomic mass is 10.2. The summed E-state index contributed by atoms with van der Waals surface area (Å²) in [6, 6.07) is 8.52. The number of para-hydroxylation sites is 1. The lowest BCUT2D eigenvalue weighted by molar-refractivity contribution is 0.922. The SMILES string of the molecule is Cn1cc2c3ccccc3n(C)c2c1. The summed E-state index contributed by atoms with van der Waals surface area (Å²) >= 11 is 0. The van der Waals surface area contributed by atoms with E-state index < -0.39 is 0 Å². The van der Waals surface area contributed by atoms with Gasteiger partial charge in [0.15, 0.2) is 0 Å². The molecule has 0 spiro atoms. The number of nitrogens with zero attached hydrogens (tertiary/aromatic N) is 2. The van der Waals surface area contributed by atoms with Crippen LogP contribution < -0.4 is 0 Å². The Bertz CT molecular complexity index is 614. The second-order valence-electron chi connectivity index (χ2n) is 3.80. The molecule has 2 aromatic heterocycles. The van der Waals surface area contributed by atoms with Gasteiger partial charge in [-0.25, -0.2) is 0 Å². The summed E-state index contributed by atoms with van der Waals surface area (Å²) in [6.45, 7) is 0. The van der Waals surface area contributed by atoms with Crippen LogP contribution >= 0.6 is 0 Å². The second kappa shape index (κ2) is 2.41. The molecule has 70 valence electrons. The minimum absolute atomic E-state index is 1.30. The van der Waals surface area contributed by atoms with E-state index in [0.29, 0.717) is 0 Å². The molecular formula is C12H12N2. The highest BCUT2D eigenvalue weighted by Crippen LogP contribution is 2.27. The maximum Gasteiger partial charge on any atom is 0.0668 e. The Labute approximate surface area is 82.4 Å². The van der Waals surface area contributed by atoms with Gasteiger partial charge in [0.1, 0.15) is 0 Å². The van der Waals surface area contributed by atoms with Crippen LogP contribution in [0.5, 0.6) is 0 Å². The molecule has 2 heteroatoms. The van der Waals surface area contributed by atoms with Crippen molar-refractivity contribution >= 4 is 21.8 Å². The van der Waals surface area contributed by atoms with Crippen LogP contribution in [0.4, 0.5) is 0 Å². The van der Waals surface area contributed by atoms with Gasteiger partial charge >= 0.3 is 0 Å². The molecule has 0 aliphatic rings. The van der Waals surface area contributed by atoms with E-state index in [1.165, 1.54) is 21.8 Å². The second-order valence-corrected chi connectivity index (χ2v) is 3.80. The number of fused-ring (bicyclic) bond motifs is 3. The van der Waals surface area contributed by atoms with Gasteiger partial charge in [-0.05, 0) is 6.07 Å². The lowest BCUT2D eigenvalue weighted by Crippen LogP contribution is -1.86. The van der Waals surface area contributed by atoms with Crippen LogP contribution in [0, 0.1) is 0 Å². The maximum absolute atomic E-state index is 2.24. The van der Waals surface area contributed by atoms with E-state index >= 15 is 0 Å². The Balaban J connectivity index is 2.65. The summed E-state index contributed by atoms with van der Waals surface area (Å²) in [7, 11) is 4.18. The van der Waals surface area contributed by atoms with Crippen molar-refractivity contribution in [1.82, 2.24) is 9.13 Å². The monoisotopic (exact) mass is 184 g/mol. The molecule has 0 saturated heterocycles. The van der Waals surface area contributed by atoms with E-state index in [2.05, 4.69) is 59.9 Å². The fraction of sp³-hybridized carbons (Fsp3) is 0.167. The minimum atomic E-state index is 1.30. The predicted molar refractivity (Wildman–Crippen MR) is 59.4 cm³/mol. The van der Waals surface area contributed by atoms with Crippen LogP contribution in [0.3, 0.4) is 0 Å². The Morgan fingerprint density at radius 2 is 1.64 bits per heavy atom. The van der Waals surface area contributed by atoms with Gasteiger partial charge in [-0.1, -0.05) is 18.2 Å². The highest BCUT2D eigenvalue weighted by molar-refractivity contribution is 6.07.